The molecule has 0 bridgehead atoms. The Morgan fingerprint density at radius 2 is 2.10 bits per heavy atom. The fourth-order valence-electron chi connectivity index (χ4n) is 3.16. The highest BCUT2D eigenvalue weighted by Gasteiger charge is 2.27. The number of carbonyl (C=O) groups excluding carboxylic acids is 1. The van der Waals surface area contributed by atoms with Gasteiger partial charge in [0, 0.05) is 19.2 Å². The molecule has 2 aromatic rings. The first kappa shape index (κ1) is 14.1. The molecule has 1 aromatic carbocycles. The topological polar surface area (TPSA) is 38.1 Å². The van der Waals surface area contributed by atoms with Crippen molar-refractivity contribution in [1.82, 2.24) is 9.78 Å². The van der Waals surface area contributed by atoms with Gasteiger partial charge < -0.3 is 4.90 Å². The van der Waals surface area contributed by atoms with Crippen molar-refractivity contribution >= 4 is 29.4 Å². The van der Waals surface area contributed by atoms with Crippen LogP contribution in [-0.2, 0) is 13.5 Å². The summed E-state index contributed by atoms with van der Waals surface area (Å²) in [6, 6.07) is 4.10. The van der Waals surface area contributed by atoms with Crippen molar-refractivity contribution in [2.24, 2.45) is 7.05 Å². The van der Waals surface area contributed by atoms with Gasteiger partial charge in [-0.05, 0) is 43.9 Å². The molecule has 1 aromatic heterocycles. The summed E-state index contributed by atoms with van der Waals surface area (Å²) in [6.07, 6.45) is 2.76. The van der Waals surface area contributed by atoms with E-state index in [0.717, 1.165) is 58.9 Å². The first-order valence-corrected chi connectivity index (χ1v) is 7.46. The number of halogens is 1. The Bertz CT molecular complexity index is 698. The Balaban J connectivity index is 2.17. The van der Waals surface area contributed by atoms with Crippen LogP contribution in [0.25, 0.3) is 0 Å². The molecule has 1 aliphatic heterocycles. The molecule has 110 valence electrons. The van der Waals surface area contributed by atoms with Gasteiger partial charge in [0.2, 0.25) is 0 Å². The number of hydrogen-bond acceptors (Lipinski definition) is 3. The van der Waals surface area contributed by atoms with Crippen molar-refractivity contribution in [1.29, 1.82) is 0 Å². The summed E-state index contributed by atoms with van der Waals surface area (Å²) in [4.78, 5) is 13.4. The van der Waals surface area contributed by atoms with Crippen LogP contribution in [0.15, 0.2) is 12.1 Å². The van der Waals surface area contributed by atoms with Crippen LogP contribution in [0.3, 0.4) is 0 Å². The van der Waals surface area contributed by atoms with Gasteiger partial charge in [-0.3, -0.25) is 9.48 Å². The van der Waals surface area contributed by atoms with E-state index in [-0.39, 0.29) is 0 Å². The quantitative estimate of drug-likeness (QED) is 0.796. The van der Waals surface area contributed by atoms with E-state index in [1.807, 2.05) is 20.0 Å². The molecular weight excluding hydrogens is 286 g/mol. The Hall–Kier alpha value is -1.81. The summed E-state index contributed by atoms with van der Waals surface area (Å²) in [5.41, 5.74) is 4.96. The van der Waals surface area contributed by atoms with Gasteiger partial charge in [0.05, 0.1) is 10.7 Å². The molecule has 0 saturated carbocycles. The second-order valence-electron chi connectivity index (χ2n) is 5.60. The zero-order valence-electron chi connectivity index (χ0n) is 12.5. The fraction of sp³-hybridized carbons (Fsp3) is 0.375. The van der Waals surface area contributed by atoms with Crippen molar-refractivity contribution in [3.63, 3.8) is 0 Å². The van der Waals surface area contributed by atoms with Crippen LogP contribution in [0.5, 0.6) is 0 Å². The molecule has 0 fully saturated rings. The number of anilines is 2. The SMILES string of the molecule is Cc1cc(C)c(N2CCCc3c2nn(C)c3C=O)c(Cl)c1. The molecule has 2 heterocycles. The van der Waals surface area contributed by atoms with Crippen molar-refractivity contribution in [2.45, 2.75) is 26.7 Å². The Morgan fingerprint density at radius 1 is 1.33 bits per heavy atom. The maximum atomic E-state index is 11.3. The van der Waals surface area contributed by atoms with E-state index in [1.54, 1.807) is 4.68 Å². The molecule has 0 amide bonds. The third-order valence-electron chi connectivity index (χ3n) is 4.02. The fourth-order valence-corrected chi connectivity index (χ4v) is 3.58. The lowest BCUT2D eigenvalue weighted by molar-refractivity contribution is 0.111. The zero-order chi connectivity index (χ0) is 15.1. The molecule has 0 saturated heterocycles. The van der Waals surface area contributed by atoms with E-state index in [4.69, 9.17) is 11.6 Å². The molecule has 0 spiro atoms. The van der Waals surface area contributed by atoms with Crippen LogP contribution in [0, 0.1) is 13.8 Å². The third kappa shape index (κ3) is 2.23. The summed E-state index contributed by atoms with van der Waals surface area (Å²) in [5.74, 6) is 0.861. The van der Waals surface area contributed by atoms with Crippen molar-refractivity contribution < 1.29 is 4.79 Å². The summed E-state index contributed by atoms with van der Waals surface area (Å²) in [6.45, 7) is 4.97. The predicted octanol–water partition coefficient (Wildman–Crippen LogP) is 3.59. The summed E-state index contributed by atoms with van der Waals surface area (Å²) < 4.78 is 1.66. The summed E-state index contributed by atoms with van der Waals surface area (Å²) >= 11 is 6.47. The number of aromatic nitrogens is 2. The van der Waals surface area contributed by atoms with Crippen LogP contribution in [-0.4, -0.2) is 22.6 Å². The van der Waals surface area contributed by atoms with Crippen LogP contribution in [0.4, 0.5) is 11.5 Å². The molecule has 1 aliphatic rings. The Labute approximate surface area is 129 Å². The monoisotopic (exact) mass is 303 g/mol. The number of fused-ring (bicyclic) bond motifs is 1. The standard InChI is InChI=1S/C16H18ClN3O/c1-10-7-11(2)15(13(17)8-10)20-6-4-5-12-14(9-21)19(3)18-16(12)20/h7-9H,4-6H2,1-3H3. The van der Waals surface area contributed by atoms with Gasteiger partial charge in [-0.25, -0.2) is 0 Å². The number of benzene rings is 1. The van der Waals surface area contributed by atoms with Gasteiger partial charge >= 0.3 is 0 Å². The van der Waals surface area contributed by atoms with Crippen molar-refractivity contribution in [2.75, 3.05) is 11.4 Å². The predicted molar refractivity (Wildman–Crippen MR) is 84.8 cm³/mol. The molecule has 3 rings (SSSR count). The minimum absolute atomic E-state index is 0.663. The van der Waals surface area contributed by atoms with E-state index < -0.39 is 0 Å². The molecule has 0 aliphatic carbocycles. The number of nitrogens with zero attached hydrogens (tertiary/aromatic N) is 3. The third-order valence-corrected chi connectivity index (χ3v) is 4.30. The zero-order valence-corrected chi connectivity index (χ0v) is 13.2. The lowest BCUT2D eigenvalue weighted by atomic mass is 10.0. The first-order valence-electron chi connectivity index (χ1n) is 7.08. The van der Waals surface area contributed by atoms with E-state index in [0.29, 0.717) is 5.69 Å². The van der Waals surface area contributed by atoms with Gasteiger partial charge in [-0.15, -0.1) is 0 Å². The van der Waals surface area contributed by atoms with Gasteiger partial charge in [0.1, 0.15) is 5.69 Å². The lowest BCUT2D eigenvalue weighted by Gasteiger charge is -2.30. The highest BCUT2D eigenvalue weighted by atomic mass is 35.5. The van der Waals surface area contributed by atoms with Crippen molar-refractivity contribution in [3.05, 3.63) is 39.5 Å². The van der Waals surface area contributed by atoms with Crippen LogP contribution in [0.2, 0.25) is 5.02 Å². The maximum Gasteiger partial charge on any atom is 0.168 e. The van der Waals surface area contributed by atoms with E-state index in [9.17, 15) is 4.79 Å². The normalized spacial score (nSPS) is 14.2. The van der Waals surface area contributed by atoms with Gasteiger partial charge in [-0.1, -0.05) is 17.7 Å². The maximum absolute atomic E-state index is 11.3. The molecule has 0 unspecified atom stereocenters. The second kappa shape index (κ2) is 5.19. The lowest BCUT2D eigenvalue weighted by Crippen LogP contribution is -2.25. The Kier molecular flexibility index (Phi) is 3.49. The van der Waals surface area contributed by atoms with E-state index >= 15 is 0 Å². The van der Waals surface area contributed by atoms with Crippen LogP contribution >= 0.6 is 11.6 Å². The molecule has 21 heavy (non-hydrogen) atoms. The highest BCUT2D eigenvalue weighted by molar-refractivity contribution is 6.33. The van der Waals surface area contributed by atoms with Crippen LogP contribution in [0.1, 0.15) is 33.6 Å². The number of carbonyl (C=O) groups is 1. The molecule has 0 atom stereocenters. The van der Waals surface area contributed by atoms with Gasteiger partial charge in [0.25, 0.3) is 0 Å². The van der Waals surface area contributed by atoms with Gasteiger partial charge in [-0.2, -0.15) is 5.10 Å². The van der Waals surface area contributed by atoms with Crippen LogP contribution < -0.4 is 4.90 Å². The summed E-state index contributed by atoms with van der Waals surface area (Å²) in [5, 5.41) is 5.27. The van der Waals surface area contributed by atoms with E-state index in [1.165, 1.54) is 0 Å². The van der Waals surface area contributed by atoms with E-state index in [2.05, 4.69) is 23.0 Å². The molecule has 0 radical (unpaired) electrons. The molecule has 0 N–H and O–H groups in total. The average Bonchev–Trinajstić information content (AvgIpc) is 2.73. The average molecular weight is 304 g/mol. The number of aryl methyl sites for hydroxylation is 3. The van der Waals surface area contributed by atoms with Crippen molar-refractivity contribution in [3.8, 4) is 0 Å². The highest BCUT2D eigenvalue weighted by Crippen LogP contribution is 2.39. The largest absolute Gasteiger partial charge is 0.323 e. The first-order chi connectivity index (χ1) is 10.0. The smallest absolute Gasteiger partial charge is 0.168 e. The minimum Gasteiger partial charge on any atom is -0.323 e. The minimum atomic E-state index is 0.663. The molecule has 4 nitrogen and oxygen atoms in total. The number of hydrogen-bond donors (Lipinski definition) is 0. The molecular formula is C16H18ClN3O. The number of rotatable bonds is 2. The second-order valence-corrected chi connectivity index (χ2v) is 6.00. The molecule has 5 heteroatoms. The Morgan fingerprint density at radius 3 is 2.76 bits per heavy atom. The van der Waals surface area contributed by atoms with Gasteiger partial charge in [0.15, 0.2) is 12.1 Å². The summed E-state index contributed by atoms with van der Waals surface area (Å²) in [7, 11) is 1.81. The number of aldehydes is 1.